The quantitative estimate of drug-likeness (QED) is 0.898. The van der Waals surface area contributed by atoms with Crippen LogP contribution in [-0.4, -0.2) is 17.0 Å². The van der Waals surface area contributed by atoms with Crippen LogP contribution in [0, 0.1) is 28.9 Å². The standard InChI is InChI=1S/C16H19F2NO3/c1-16(2,3)13(9-5-4-8(17)6-12(9)18)19-14(20)10-7-11(10)15(21)22/h4-6,10-11,13H,7H2,1-3H3,(H,19,20)(H,21,22). The van der Waals surface area contributed by atoms with Gasteiger partial charge in [-0.15, -0.1) is 0 Å². The van der Waals surface area contributed by atoms with E-state index in [4.69, 9.17) is 5.11 Å². The first-order valence-corrected chi connectivity index (χ1v) is 7.09. The summed E-state index contributed by atoms with van der Waals surface area (Å²) in [5, 5.41) is 11.6. The first kappa shape index (κ1) is 16.4. The second-order valence-electron chi connectivity index (χ2n) is 6.76. The van der Waals surface area contributed by atoms with Gasteiger partial charge in [-0.25, -0.2) is 8.78 Å². The lowest BCUT2D eigenvalue weighted by Crippen LogP contribution is -2.38. The van der Waals surface area contributed by atoms with Crippen LogP contribution in [0.15, 0.2) is 18.2 Å². The molecule has 6 heteroatoms. The van der Waals surface area contributed by atoms with Gasteiger partial charge in [0.25, 0.3) is 0 Å². The SMILES string of the molecule is CC(C)(C)C(NC(=O)C1CC1C(=O)O)c1ccc(F)cc1F. The maximum absolute atomic E-state index is 14.0. The molecule has 1 aliphatic rings. The molecular formula is C16H19F2NO3. The van der Waals surface area contributed by atoms with Gasteiger partial charge in [-0.1, -0.05) is 26.8 Å². The summed E-state index contributed by atoms with van der Waals surface area (Å²) in [6, 6.07) is 2.55. The van der Waals surface area contributed by atoms with Crippen molar-refractivity contribution >= 4 is 11.9 Å². The molecule has 0 heterocycles. The van der Waals surface area contributed by atoms with Crippen LogP contribution < -0.4 is 5.32 Å². The highest BCUT2D eigenvalue weighted by Gasteiger charge is 2.49. The molecule has 120 valence electrons. The van der Waals surface area contributed by atoms with Crippen LogP contribution in [0.1, 0.15) is 38.8 Å². The van der Waals surface area contributed by atoms with Crippen molar-refractivity contribution in [2.24, 2.45) is 17.3 Å². The number of amides is 1. The molecule has 3 unspecified atom stereocenters. The molecular weight excluding hydrogens is 292 g/mol. The van der Waals surface area contributed by atoms with Gasteiger partial charge >= 0.3 is 5.97 Å². The largest absolute Gasteiger partial charge is 0.481 e. The van der Waals surface area contributed by atoms with E-state index in [1.54, 1.807) is 0 Å². The summed E-state index contributed by atoms with van der Waals surface area (Å²) in [5.74, 6) is -4.07. The molecule has 2 N–H and O–H groups in total. The van der Waals surface area contributed by atoms with Crippen molar-refractivity contribution < 1.29 is 23.5 Å². The predicted molar refractivity (Wildman–Crippen MR) is 75.9 cm³/mol. The minimum Gasteiger partial charge on any atom is -0.481 e. The van der Waals surface area contributed by atoms with E-state index in [2.05, 4.69) is 5.32 Å². The Morgan fingerprint density at radius 2 is 1.91 bits per heavy atom. The fraction of sp³-hybridized carbons (Fsp3) is 0.500. The molecule has 0 aromatic heterocycles. The van der Waals surface area contributed by atoms with E-state index in [0.717, 1.165) is 12.1 Å². The van der Waals surface area contributed by atoms with E-state index in [1.165, 1.54) is 6.07 Å². The molecule has 22 heavy (non-hydrogen) atoms. The van der Waals surface area contributed by atoms with Crippen molar-refractivity contribution in [2.45, 2.75) is 33.2 Å². The van der Waals surface area contributed by atoms with E-state index < -0.39 is 46.8 Å². The van der Waals surface area contributed by atoms with E-state index in [0.29, 0.717) is 6.42 Å². The summed E-state index contributed by atoms with van der Waals surface area (Å²) in [6.07, 6.45) is 0.296. The van der Waals surface area contributed by atoms with Gasteiger partial charge in [0.1, 0.15) is 11.6 Å². The summed E-state index contributed by atoms with van der Waals surface area (Å²) in [7, 11) is 0. The number of carbonyl (C=O) groups excluding carboxylic acids is 1. The zero-order valence-electron chi connectivity index (χ0n) is 12.7. The highest BCUT2D eigenvalue weighted by molar-refractivity contribution is 5.89. The van der Waals surface area contributed by atoms with Crippen LogP contribution in [0.3, 0.4) is 0 Å². The zero-order valence-corrected chi connectivity index (χ0v) is 12.7. The van der Waals surface area contributed by atoms with E-state index in [-0.39, 0.29) is 5.56 Å². The zero-order chi connectivity index (χ0) is 16.7. The fourth-order valence-electron chi connectivity index (χ4n) is 2.50. The van der Waals surface area contributed by atoms with Crippen LogP contribution in [0.25, 0.3) is 0 Å². The van der Waals surface area contributed by atoms with Gasteiger partial charge in [0.05, 0.1) is 17.9 Å². The Kier molecular flexibility index (Phi) is 4.22. The Morgan fingerprint density at radius 3 is 2.36 bits per heavy atom. The topological polar surface area (TPSA) is 66.4 Å². The summed E-state index contributed by atoms with van der Waals surface area (Å²) >= 11 is 0. The van der Waals surface area contributed by atoms with Gasteiger partial charge in [-0.2, -0.15) is 0 Å². The Hall–Kier alpha value is -1.98. The van der Waals surface area contributed by atoms with Crippen molar-refractivity contribution in [3.8, 4) is 0 Å². The molecule has 1 aromatic rings. The summed E-state index contributed by atoms with van der Waals surface area (Å²) in [4.78, 5) is 23.0. The van der Waals surface area contributed by atoms with Crippen molar-refractivity contribution in [2.75, 3.05) is 0 Å². The minimum absolute atomic E-state index is 0.190. The number of hydrogen-bond donors (Lipinski definition) is 2. The maximum Gasteiger partial charge on any atom is 0.307 e. The van der Waals surface area contributed by atoms with Crippen LogP contribution >= 0.6 is 0 Å². The van der Waals surface area contributed by atoms with E-state index in [1.807, 2.05) is 20.8 Å². The first-order valence-electron chi connectivity index (χ1n) is 7.09. The maximum atomic E-state index is 14.0. The molecule has 1 aromatic carbocycles. The highest BCUT2D eigenvalue weighted by Crippen LogP contribution is 2.41. The number of rotatable bonds is 4. The molecule has 0 radical (unpaired) electrons. The van der Waals surface area contributed by atoms with Crippen LogP contribution in [-0.2, 0) is 9.59 Å². The summed E-state index contributed by atoms with van der Waals surface area (Å²) in [6.45, 7) is 5.47. The summed E-state index contributed by atoms with van der Waals surface area (Å²) < 4.78 is 27.1. The predicted octanol–water partition coefficient (Wildman–Crippen LogP) is 2.89. The lowest BCUT2D eigenvalue weighted by molar-refractivity contribution is -0.140. The van der Waals surface area contributed by atoms with E-state index >= 15 is 0 Å². The normalized spacial score (nSPS) is 22.0. The number of halogens is 2. The molecule has 2 rings (SSSR count). The number of benzene rings is 1. The third-order valence-electron chi connectivity index (χ3n) is 3.87. The van der Waals surface area contributed by atoms with Crippen LogP contribution in [0.4, 0.5) is 8.78 Å². The smallest absolute Gasteiger partial charge is 0.307 e. The highest BCUT2D eigenvalue weighted by atomic mass is 19.1. The Labute approximate surface area is 127 Å². The lowest BCUT2D eigenvalue weighted by Gasteiger charge is -2.32. The van der Waals surface area contributed by atoms with Crippen molar-refractivity contribution in [1.29, 1.82) is 0 Å². The first-order chi connectivity index (χ1) is 10.1. The van der Waals surface area contributed by atoms with Crippen molar-refractivity contribution in [3.63, 3.8) is 0 Å². The summed E-state index contributed by atoms with van der Waals surface area (Å²) in [5.41, 5.74) is -0.322. The van der Waals surface area contributed by atoms with Gasteiger partial charge in [0, 0.05) is 11.6 Å². The Morgan fingerprint density at radius 1 is 1.27 bits per heavy atom. The third kappa shape index (κ3) is 3.43. The second kappa shape index (κ2) is 5.66. The monoisotopic (exact) mass is 311 g/mol. The minimum atomic E-state index is -1.000. The number of carboxylic acids is 1. The molecule has 3 atom stereocenters. The fourth-order valence-corrected chi connectivity index (χ4v) is 2.50. The average Bonchev–Trinajstić information content (AvgIpc) is 3.15. The van der Waals surface area contributed by atoms with E-state index in [9.17, 15) is 18.4 Å². The average molecular weight is 311 g/mol. The molecule has 1 aliphatic carbocycles. The molecule has 4 nitrogen and oxygen atoms in total. The molecule has 0 aliphatic heterocycles. The Balaban J connectivity index is 2.21. The Bertz CT molecular complexity index is 610. The van der Waals surface area contributed by atoms with Gasteiger partial charge in [0.15, 0.2) is 0 Å². The molecule has 0 saturated heterocycles. The molecule has 1 saturated carbocycles. The lowest BCUT2D eigenvalue weighted by atomic mass is 9.82. The third-order valence-corrected chi connectivity index (χ3v) is 3.87. The van der Waals surface area contributed by atoms with Crippen LogP contribution in [0.2, 0.25) is 0 Å². The molecule has 0 spiro atoms. The number of carbonyl (C=O) groups is 2. The van der Waals surface area contributed by atoms with Crippen LogP contribution in [0.5, 0.6) is 0 Å². The number of nitrogens with one attached hydrogen (secondary N) is 1. The second-order valence-corrected chi connectivity index (χ2v) is 6.76. The molecule has 1 amide bonds. The van der Waals surface area contributed by atoms with Crippen molar-refractivity contribution in [3.05, 3.63) is 35.4 Å². The molecule has 0 bridgehead atoms. The van der Waals surface area contributed by atoms with Gasteiger partial charge in [0.2, 0.25) is 5.91 Å². The number of hydrogen-bond acceptors (Lipinski definition) is 2. The number of aliphatic carboxylic acids is 1. The van der Waals surface area contributed by atoms with Gasteiger partial charge in [-0.3, -0.25) is 9.59 Å². The van der Waals surface area contributed by atoms with Gasteiger partial charge < -0.3 is 10.4 Å². The number of carboxylic acid groups (broad SMARTS) is 1. The molecule has 1 fully saturated rings. The van der Waals surface area contributed by atoms with Crippen molar-refractivity contribution in [1.82, 2.24) is 5.32 Å². The van der Waals surface area contributed by atoms with Gasteiger partial charge in [-0.05, 0) is 17.9 Å².